The van der Waals surface area contributed by atoms with E-state index in [0.29, 0.717) is 17.6 Å². The molecule has 2 heterocycles. The number of oxazole rings is 1. The monoisotopic (exact) mass is 477 g/mol. The number of hydrogen-bond acceptors (Lipinski definition) is 5. The number of hydrogen-bond donors (Lipinski definition) is 1. The lowest BCUT2D eigenvalue weighted by molar-refractivity contribution is 0.0989. The van der Waals surface area contributed by atoms with E-state index in [1.807, 2.05) is 49.4 Å². The van der Waals surface area contributed by atoms with Crippen LogP contribution >= 0.6 is 0 Å². The summed E-state index contributed by atoms with van der Waals surface area (Å²) in [5.41, 5.74) is 4.88. The lowest BCUT2D eigenvalue weighted by Gasteiger charge is -2.19. The van der Waals surface area contributed by atoms with Gasteiger partial charge < -0.3 is 9.32 Å². The first-order valence-electron chi connectivity index (χ1n) is 10.8. The molecule has 1 aliphatic heterocycles. The molecule has 0 radical (unpaired) electrons. The zero-order valence-electron chi connectivity index (χ0n) is 18.7. The minimum atomic E-state index is -3.85. The molecule has 1 N–H and O–H groups in total. The molecule has 0 spiro atoms. The number of anilines is 1. The molecule has 34 heavy (non-hydrogen) atoms. The Morgan fingerprint density at radius 2 is 1.88 bits per heavy atom. The van der Waals surface area contributed by atoms with E-state index in [0.717, 1.165) is 28.8 Å². The molecule has 0 saturated heterocycles. The van der Waals surface area contributed by atoms with Gasteiger partial charge in [0.25, 0.3) is 5.91 Å². The number of aromatic nitrogens is 1. The quantitative estimate of drug-likeness (QED) is 0.476. The number of carbonyl (C=O) groups excluding carboxylic acids is 1. The second kappa shape index (κ2) is 8.27. The highest BCUT2D eigenvalue weighted by Gasteiger charge is 2.27. The van der Waals surface area contributed by atoms with Crippen LogP contribution in [0.15, 0.2) is 74.8 Å². The Balaban J connectivity index is 1.37. The Labute approximate surface area is 196 Å². The van der Waals surface area contributed by atoms with Gasteiger partial charge in [0.15, 0.2) is 5.58 Å². The van der Waals surface area contributed by atoms with Gasteiger partial charge in [-0.1, -0.05) is 30.3 Å². The van der Waals surface area contributed by atoms with Gasteiger partial charge in [-0.05, 0) is 54.3 Å². The molecular formula is C25H23N3O5S. The van der Waals surface area contributed by atoms with Crippen molar-refractivity contribution < 1.29 is 17.6 Å². The second-order valence-corrected chi connectivity index (χ2v) is 10.1. The normalized spacial score (nSPS) is 13.4. The van der Waals surface area contributed by atoms with E-state index in [4.69, 9.17) is 4.42 Å². The summed E-state index contributed by atoms with van der Waals surface area (Å²) in [6.07, 6.45) is 0.751. The molecule has 0 atom stereocenters. The van der Waals surface area contributed by atoms with Crippen LogP contribution in [0.5, 0.6) is 0 Å². The van der Waals surface area contributed by atoms with Crippen LogP contribution in [0.2, 0.25) is 0 Å². The summed E-state index contributed by atoms with van der Waals surface area (Å²) in [7, 11) is -2.29. The third-order valence-corrected chi connectivity index (χ3v) is 7.61. The number of carbonyl (C=O) groups is 1. The lowest BCUT2D eigenvalue weighted by atomic mass is 10.1. The Morgan fingerprint density at radius 1 is 1.09 bits per heavy atom. The van der Waals surface area contributed by atoms with Crippen molar-refractivity contribution in [1.29, 1.82) is 0 Å². The number of amides is 1. The molecule has 9 heteroatoms. The van der Waals surface area contributed by atoms with Crippen LogP contribution in [-0.4, -0.2) is 25.4 Å². The van der Waals surface area contributed by atoms with Crippen LogP contribution in [0.25, 0.3) is 11.1 Å². The Kier molecular flexibility index (Phi) is 5.38. The van der Waals surface area contributed by atoms with Crippen molar-refractivity contribution in [3.8, 4) is 0 Å². The highest BCUT2D eigenvalue weighted by Crippen LogP contribution is 2.31. The molecule has 4 aromatic rings. The molecule has 0 aliphatic carbocycles. The van der Waals surface area contributed by atoms with E-state index in [2.05, 4.69) is 4.72 Å². The van der Waals surface area contributed by atoms with Gasteiger partial charge in [0.1, 0.15) is 0 Å². The maximum Gasteiger partial charge on any atom is 0.419 e. The van der Waals surface area contributed by atoms with Gasteiger partial charge in [0.05, 0.1) is 10.4 Å². The number of benzene rings is 3. The maximum absolute atomic E-state index is 13.2. The fraction of sp³-hybridized carbons (Fsp3) is 0.200. The van der Waals surface area contributed by atoms with Crippen LogP contribution in [-0.2, 0) is 30.0 Å². The van der Waals surface area contributed by atoms with Crippen molar-refractivity contribution in [2.45, 2.75) is 24.8 Å². The van der Waals surface area contributed by atoms with Crippen LogP contribution < -0.4 is 15.4 Å². The van der Waals surface area contributed by atoms with Gasteiger partial charge in [-0.2, -0.15) is 0 Å². The predicted octanol–water partition coefficient (Wildman–Crippen LogP) is 3.12. The molecule has 5 rings (SSSR count). The lowest BCUT2D eigenvalue weighted by Crippen LogP contribution is -2.29. The fourth-order valence-corrected chi connectivity index (χ4v) is 5.28. The molecular weight excluding hydrogens is 454 g/mol. The number of nitrogens with one attached hydrogen (secondary N) is 1. The minimum absolute atomic E-state index is 0.00636. The molecule has 1 amide bonds. The van der Waals surface area contributed by atoms with Crippen LogP contribution in [0.3, 0.4) is 0 Å². The molecule has 1 aromatic heterocycles. The zero-order valence-corrected chi connectivity index (χ0v) is 19.6. The third kappa shape index (κ3) is 3.82. The number of sulfonamides is 1. The summed E-state index contributed by atoms with van der Waals surface area (Å²) in [6, 6.07) is 17.5. The van der Waals surface area contributed by atoms with Crippen LogP contribution in [0.4, 0.5) is 5.69 Å². The second-order valence-electron chi connectivity index (χ2n) is 8.37. The van der Waals surface area contributed by atoms with Gasteiger partial charge in [-0.25, -0.2) is 17.9 Å². The maximum atomic E-state index is 13.2. The Bertz CT molecular complexity index is 1600. The topological polar surface area (TPSA) is 102 Å². The summed E-state index contributed by atoms with van der Waals surface area (Å²) < 4.78 is 34.7. The van der Waals surface area contributed by atoms with Gasteiger partial charge in [0.2, 0.25) is 10.0 Å². The third-order valence-electron chi connectivity index (χ3n) is 6.21. The fourth-order valence-electron chi connectivity index (χ4n) is 4.25. The molecule has 0 unspecified atom stereocenters. The Hall–Kier alpha value is -3.69. The summed E-state index contributed by atoms with van der Waals surface area (Å²) in [5.74, 6) is -0.618. The molecule has 1 aliphatic rings. The summed E-state index contributed by atoms with van der Waals surface area (Å²) in [5, 5.41) is 0. The number of rotatable bonds is 5. The van der Waals surface area contributed by atoms with Crippen molar-refractivity contribution in [3.05, 3.63) is 93.5 Å². The Morgan fingerprint density at radius 3 is 2.68 bits per heavy atom. The molecule has 0 fully saturated rings. The van der Waals surface area contributed by atoms with Gasteiger partial charge in [0, 0.05) is 37.5 Å². The van der Waals surface area contributed by atoms with Gasteiger partial charge in [-0.15, -0.1) is 0 Å². The first-order chi connectivity index (χ1) is 16.2. The largest absolute Gasteiger partial charge is 0.419 e. The molecule has 0 saturated carbocycles. The number of nitrogens with zero attached hydrogens (tertiary/aromatic N) is 2. The molecule has 174 valence electrons. The molecule has 3 aromatic carbocycles. The first kappa shape index (κ1) is 22.1. The average Bonchev–Trinajstić information content (AvgIpc) is 3.37. The van der Waals surface area contributed by atoms with Crippen molar-refractivity contribution in [3.63, 3.8) is 0 Å². The van der Waals surface area contributed by atoms with Crippen molar-refractivity contribution >= 4 is 32.7 Å². The highest BCUT2D eigenvalue weighted by atomic mass is 32.2. The molecule has 8 nitrogen and oxygen atoms in total. The highest BCUT2D eigenvalue weighted by molar-refractivity contribution is 7.89. The van der Waals surface area contributed by atoms with Gasteiger partial charge in [-0.3, -0.25) is 9.36 Å². The summed E-state index contributed by atoms with van der Waals surface area (Å²) >= 11 is 0. The number of fused-ring (bicyclic) bond motifs is 2. The predicted molar refractivity (Wildman–Crippen MR) is 128 cm³/mol. The van der Waals surface area contributed by atoms with Crippen molar-refractivity contribution in [1.82, 2.24) is 9.29 Å². The van der Waals surface area contributed by atoms with E-state index < -0.39 is 15.8 Å². The minimum Gasteiger partial charge on any atom is -0.408 e. The summed E-state index contributed by atoms with van der Waals surface area (Å²) in [4.78, 5) is 26.6. The van der Waals surface area contributed by atoms with Gasteiger partial charge >= 0.3 is 5.76 Å². The van der Waals surface area contributed by atoms with Crippen molar-refractivity contribution in [2.75, 3.05) is 11.4 Å². The first-order valence-corrected chi connectivity index (χ1v) is 12.3. The van der Waals surface area contributed by atoms with Crippen molar-refractivity contribution in [2.24, 2.45) is 7.05 Å². The smallest absolute Gasteiger partial charge is 0.408 e. The van der Waals surface area contributed by atoms with E-state index >= 15 is 0 Å². The summed E-state index contributed by atoms with van der Waals surface area (Å²) in [6.45, 7) is 2.55. The average molecular weight is 478 g/mol. The van der Waals surface area contributed by atoms with E-state index in [-0.39, 0.29) is 22.9 Å². The van der Waals surface area contributed by atoms with E-state index in [1.54, 1.807) is 18.0 Å². The number of aryl methyl sites for hydroxylation is 2. The van der Waals surface area contributed by atoms with Crippen LogP contribution in [0.1, 0.15) is 27.0 Å². The zero-order chi connectivity index (χ0) is 24.0. The van der Waals surface area contributed by atoms with Crippen LogP contribution in [0, 0.1) is 6.92 Å². The molecule has 0 bridgehead atoms. The van der Waals surface area contributed by atoms with E-state index in [1.165, 1.54) is 16.7 Å². The SMILES string of the molecule is Cc1ccccc1C(=O)N1CCc2ccc(CNS(=O)(=O)c3ccc4c(c3)oc(=O)n4C)cc21. The standard InChI is InChI=1S/C25H23N3O5S/c1-16-5-3-4-6-20(16)24(29)28-12-11-18-8-7-17(13-22(18)28)15-26-34(31,32)19-9-10-21-23(14-19)33-25(30)27(21)2/h3-10,13-14,26H,11-12,15H2,1-2H3. The van der Waals surface area contributed by atoms with E-state index in [9.17, 15) is 18.0 Å².